The number of hydrogen-bond acceptors (Lipinski definition) is 4. The summed E-state index contributed by atoms with van der Waals surface area (Å²) in [5.74, 6) is 1.90. The number of amides is 1. The SMILES string of the molecule is CCCCc1nc2ccccc2n1CC(=O)NC1=NCCS1. The zero-order chi connectivity index (χ0) is 15.4. The normalized spacial score (nSPS) is 14.3. The number of carbonyl (C=O) groups is 1. The molecule has 0 radical (unpaired) electrons. The first kappa shape index (κ1) is 15.1. The van der Waals surface area contributed by atoms with Crippen LogP contribution in [0.2, 0.25) is 0 Å². The highest BCUT2D eigenvalue weighted by Crippen LogP contribution is 2.17. The quantitative estimate of drug-likeness (QED) is 0.922. The molecule has 2 heterocycles. The summed E-state index contributed by atoms with van der Waals surface area (Å²) in [4.78, 5) is 21.2. The van der Waals surface area contributed by atoms with Crippen LogP contribution in [-0.2, 0) is 17.8 Å². The van der Waals surface area contributed by atoms with E-state index in [-0.39, 0.29) is 5.91 Å². The van der Waals surface area contributed by atoms with Gasteiger partial charge in [0.2, 0.25) is 5.91 Å². The number of unbranched alkanes of at least 4 members (excludes halogenated alkanes) is 1. The van der Waals surface area contributed by atoms with Gasteiger partial charge in [-0.1, -0.05) is 37.2 Å². The van der Waals surface area contributed by atoms with Crippen molar-refractivity contribution >= 4 is 33.9 Å². The first-order valence-electron chi connectivity index (χ1n) is 7.69. The molecule has 1 N–H and O–H groups in total. The fourth-order valence-electron chi connectivity index (χ4n) is 2.54. The number of rotatable bonds is 5. The number of nitrogens with zero attached hydrogens (tertiary/aromatic N) is 3. The molecule has 0 saturated carbocycles. The molecule has 1 aliphatic rings. The summed E-state index contributed by atoms with van der Waals surface area (Å²) in [5.41, 5.74) is 1.97. The Hall–Kier alpha value is -1.82. The Morgan fingerprint density at radius 1 is 1.41 bits per heavy atom. The van der Waals surface area contributed by atoms with Crippen molar-refractivity contribution in [1.29, 1.82) is 0 Å². The van der Waals surface area contributed by atoms with E-state index in [2.05, 4.69) is 22.2 Å². The van der Waals surface area contributed by atoms with Crippen LogP contribution in [0.15, 0.2) is 29.3 Å². The van der Waals surface area contributed by atoms with Gasteiger partial charge in [-0.2, -0.15) is 0 Å². The van der Waals surface area contributed by atoms with Gasteiger partial charge < -0.3 is 9.88 Å². The molecule has 116 valence electrons. The Labute approximate surface area is 134 Å². The number of aromatic nitrogens is 2. The third-order valence-corrected chi connectivity index (χ3v) is 4.51. The van der Waals surface area contributed by atoms with Crippen molar-refractivity contribution in [3.63, 3.8) is 0 Å². The molecule has 3 rings (SSSR count). The standard InChI is InChI=1S/C16H20N4OS/c1-2-3-8-14-18-12-6-4-5-7-13(12)20(14)11-15(21)19-16-17-9-10-22-16/h4-7H,2-3,8-11H2,1H3,(H,17,19,21). The minimum absolute atomic E-state index is 0.0333. The highest BCUT2D eigenvalue weighted by atomic mass is 32.2. The molecular weight excluding hydrogens is 296 g/mol. The van der Waals surface area contributed by atoms with Gasteiger partial charge in [0, 0.05) is 12.2 Å². The van der Waals surface area contributed by atoms with Crippen LogP contribution in [0.1, 0.15) is 25.6 Å². The summed E-state index contributed by atoms with van der Waals surface area (Å²) >= 11 is 1.60. The van der Waals surface area contributed by atoms with E-state index in [4.69, 9.17) is 0 Å². The van der Waals surface area contributed by atoms with Crippen molar-refractivity contribution in [2.75, 3.05) is 12.3 Å². The van der Waals surface area contributed by atoms with Gasteiger partial charge >= 0.3 is 0 Å². The van der Waals surface area contributed by atoms with Gasteiger partial charge in [-0.25, -0.2) is 4.98 Å². The molecular formula is C16H20N4OS. The zero-order valence-corrected chi connectivity index (χ0v) is 13.5. The lowest BCUT2D eigenvalue weighted by molar-refractivity contribution is -0.120. The van der Waals surface area contributed by atoms with Crippen molar-refractivity contribution in [2.45, 2.75) is 32.7 Å². The molecule has 1 aromatic heterocycles. The number of amidine groups is 1. The second-order valence-electron chi connectivity index (χ2n) is 5.29. The predicted octanol–water partition coefficient (Wildman–Crippen LogP) is 2.60. The van der Waals surface area contributed by atoms with Gasteiger partial charge in [0.15, 0.2) is 5.17 Å². The predicted molar refractivity (Wildman–Crippen MR) is 91.2 cm³/mol. The number of para-hydroxylation sites is 2. The van der Waals surface area contributed by atoms with Gasteiger partial charge in [-0.3, -0.25) is 9.79 Å². The number of aliphatic imine (C=N–C) groups is 1. The fourth-order valence-corrected chi connectivity index (χ4v) is 3.29. The van der Waals surface area contributed by atoms with Crippen molar-refractivity contribution < 1.29 is 4.79 Å². The number of aryl methyl sites for hydroxylation is 1. The number of benzene rings is 1. The molecule has 1 amide bonds. The third-order valence-electron chi connectivity index (χ3n) is 3.62. The molecule has 0 fully saturated rings. The van der Waals surface area contributed by atoms with E-state index in [0.29, 0.717) is 6.54 Å². The van der Waals surface area contributed by atoms with Crippen LogP contribution in [0.5, 0.6) is 0 Å². The van der Waals surface area contributed by atoms with Crippen LogP contribution in [-0.4, -0.2) is 32.9 Å². The van der Waals surface area contributed by atoms with E-state index >= 15 is 0 Å². The lowest BCUT2D eigenvalue weighted by Crippen LogP contribution is -2.31. The maximum atomic E-state index is 12.3. The van der Waals surface area contributed by atoms with E-state index in [1.165, 1.54) is 0 Å². The molecule has 0 aliphatic carbocycles. The number of hydrogen-bond donors (Lipinski definition) is 1. The molecule has 5 nitrogen and oxygen atoms in total. The molecule has 22 heavy (non-hydrogen) atoms. The summed E-state index contributed by atoms with van der Waals surface area (Å²) < 4.78 is 2.03. The lowest BCUT2D eigenvalue weighted by atomic mass is 10.2. The number of nitrogens with one attached hydrogen (secondary N) is 1. The van der Waals surface area contributed by atoms with Crippen molar-refractivity contribution in [1.82, 2.24) is 14.9 Å². The minimum atomic E-state index is -0.0333. The van der Waals surface area contributed by atoms with Crippen LogP contribution in [0.25, 0.3) is 11.0 Å². The largest absolute Gasteiger partial charge is 0.318 e. The molecule has 1 aliphatic heterocycles. The van der Waals surface area contributed by atoms with E-state index in [1.54, 1.807) is 11.8 Å². The van der Waals surface area contributed by atoms with E-state index in [1.807, 2.05) is 28.8 Å². The van der Waals surface area contributed by atoms with Gasteiger partial charge in [0.05, 0.1) is 17.6 Å². The maximum Gasteiger partial charge on any atom is 0.245 e. The van der Waals surface area contributed by atoms with Crippen LogP contribution >= 0.6 is 11.8 Å². The molecule has 2 aromatic rings. The molecule has 0 bridgehead atoms. The van der Waals surface area contributed by atoms with Crippen LogP contribution in [0.3, 0.4) is 0 Å². The maximum absolute atomic E-state index is 12.3. The Balaban J connectivity index is 1.82. The second-order valence-corrected chi connectivity index (χ2v) is 6.37. The van der Waals surface area contributed by atoms with E-state index < -0.39 is 0 Å². The number of imidazole rings is 1. The van der Waals surface area contributed by atoms with E-state index in [0.717, 1.165) is 53.6 Å². The molecule has 6 heteroatoms. The van der Waals surface area contributed by atoms with Crippen LogP contribution in [0, 0.1) is 0 Å². The molecule has 0 unspecified atom stereocenters. The zero-order valence-electron chi connectivity index (χ0n) is 12.7. The van der Waals surface area contributed by atoms with Gasteiger partial charge in [-0.05, 0) is 18.6 Å². The summed E-state index contributed by atoms with van der Waals surface area (Å²) in [6.07, 6.45) is 3.09. The first-order chi connectivity index (χ1) is 10.8. The molecule has 0 spiro atoms. The number of carbonyl (C=O) groups excluding carboxylic acids is 1. The van der Waals surface area contributed by atoms with E-state index in [9.17, 15) is 4.79 Å². The molecule has 1 aromatic carbocycles. The van der Waals surface area contributed by atoms with Gasteiger partial charge in [-0.15, -0.1) is 0 Å². The van der Waals surface area contributed by atoms with Gasteiger partial charge in [0.25, 0.3) is 0 Å². The summed E-state index contributed by atoms with van der Waals surface area (Å²) in [6, 6.07) is 7.98. The van der Waals surface area contributed by atoms with Gasteiger partial charge in [0.1, 0.15) is 12.4 Å². The first-order valence-corrected chi connectivity index (χ1v) is 8.67. The summed E-state index contributed by atoms with van der Waals surface area (Å²) in [5, 5.41) is 3.63. The summed E-state index contributed by atoms with van der Waals surface area (Å²) in [7, 11) is 0. The highest BCUT2D eigenvalue weighted by molar-refractivity contribution is 8.14. The minimum Gasteiger partial charge on any atom is -0.318 e. The fraction of sp³-hybridized carbons (Fsp3) is 0.438. The summed E-state index contributed by atoms with van der Waals surface area (Å²) in [6.45, 7) is 3.24. The second kappa shape index (κ2) is 6.96. The Morgan fingerprint density at radius 3 is 3.05 bits per heavy atom. The van der Waals surface area contributed by atoms with Crippen LogP contribution < -0.4 is 5.32 Å². The van der Waals surface area contributed by atoms with Crippen molar-refractivity contribution in [3.8, 4) is 0 Å². The monoisotopic (exact) mass is 316 g/mol. The van der Waals surface area contributed by atoms with Crippen molar-refractivity contribution in [3.05, 3.63) is 30.1 Å². The number of thioether (sulfide) groups is 1. The lowest BCUT2D eigenvalue weighted by Gasteiger charge is -2.09. The Bertz CT molecular complexity index is 707. The average molecular weight is 316 g/mol. The highest BCUT2D eigenvalue weighted by Gasteiger charge is 2.15. The molecule has 0 atom stereocenters. The van der Waals surface area contributed by atoms with Crippen molar-refractivity contribution in [2.24, 2.45) is 4.99 Å². The van der Waals surface area contributed by atoms with Crippen LogP contribution in [0.4, 0.5) is 0 Å². The third kappa shape index (κ3) is 3.32. The number of fused-ring (bicyclic) bond motifs is 1. The topological polar surface area (TPSA) is 59.3 Å². The Morgan fingerprint density at radius 2 is 2.27 bits per heavy atom. The molecule has 0 saturated heterocycles. The Kier molecular flexibility index (Phi) is 4.77. The smallest absolute Gasteiger partial charge is 0.245 e. The average Bonchev–Trinajstić information content (AvgIpc) is 3.14.